The van der Waals surface area contributed by atoms with Crippen molar-refractivity contribution >= 4 is 27.7 Å². The normalized spacial score (nSPS) is 13.5. The Labute approximate surface area is 153 Å². The topological polar surface area (TPSA) is 69.7 Å². The van der Waals surface area contributed by atoms with Crippen LogP contribution in [0.3, 0.4) is 0 Å². The molecule has 0 saturated heterocycles. The van der Waals surface area contributed by atoms with Gasteiger partial charge in [-0.1, -0.05) is 23.7 Å². The van der Waals surface area contributed by atoms with E-state index in [0.29, 0.717) is 16.7 Å². The number of rotatable bonds is 4. The van der Waals surface area contributed by atoms with Gasteiger partial charge < -0.3 is 8.92 Å². The highest BCUT2D eigenvalue weighted by Gasteiger charge is 2.49. The third kappa shape index (κ3) is 3.73. The molecule has 10 heteroatoms. The van der Waals surface area contributed by atoms with E-state index < -0.39 is 33.3 Å². The van der Waals surface area contributed by atoms with Crippen molar-refractivity contribution in [1.29, 1.82) is 0 Å². The number of carbonyl (C=O) groups is 1. The second kappa shape index (κ2) is 6.96. The highest BCUT2D eigenvalue weighted by atomic mass is 35.5. The predicted octanol–water partition coefficient (Wildman–Crippen LogP) is 4.26. The molecule has 0 radical (unpaired) electrons. The fourth-order valence-electron chi connectivity index (χ4n) is 2.32. The van der Waals surface area contributed by atoms with Crippen molar-refractivity contribution in [3.05, 3.63) is 40.4 Å². The number of carbonyl (C=O) groups excluding carboxylic acids is 1. The van der Waals surface area contributed by atoms with E-state index in [1.54, 1.807) is 26.0 Å². The molecule has 0 aliphatic heterocycles. The smallest absolute Gasteiger partial charge is 0.469 e. The van der Waals surface area contributed by atoms with Gasteiger partial charge in [-0.2, -0.15) is 21.6 Å². The van der Waals surface area contributed by atoms with E-state index in [0.717, 1.165) is 6.07 Å². The summed E-state index contributed by atoms with van der Waals surface area (Å²) in [5.74, 6) is -1.81. The average molecular weight is 411 g/mol. The summed E-state index contributed by atoms with van der Waals surface area (Å²) in [7, 11) is -4.62. The number of alkyl halides is 3. The Hall–Kier alpha value is -2.00. The van der Waals surface area contributed by atoms with Crippen molar-refractivity contribution in [2.75, 3.05) is 7.11 Å². The molecular formula is C16H14ClF3O5S. The first-order valence-electron chi connectivity index (χ1n) is 7.20. The summed E-state index contributed by atoms with van der Waals surface area (Å²) in [6, 6.07) is 5.89. The molecular weight excluding hydrogens is 397 g/mol. The Morgan fingerprint density at radius 1 is 1.19 bits per heavy atom. The second-order valence-corrected chi connectivity index (χ2v) is 7.45. The zero-order chi connectivity index (χ0) is 19.9. The van der Waals surface area contributed by atoms with E-state index in [4.69, 9.17) is 11.6 Å². The molecule has 1 unspecified atom stereocenters. The Morgan fingerprint density at radius 2 is 1.81 bits per heavy atom. The second-order valence-electron chi connectivity index (χ2n) is 5.54. The molecule has 0 bridgehead atoms. The maximum atomic E-state index is 12.5. The monoisotopic (exact) mass is 410 g/mol. The van der Waals surface area contributed by atoms with E-state index >= 15 is 0 Å². The average Bonchev–Trinajstić information content (AvgIpc) is 2.74. The lowest BCUT2D eigenvalue weighted by molar-refractivity contribution is -0.141. The van der Waals surface area contributed by atoms with Gasteiger partial charge >= 0.3 is 21.6 Å². The van der Waals surface area contributed by atoms with Crippen molar-refractivity contribution in [1.82, 2.24) is 0 Å². The molecule has 0 N–H and O–H groups in total. The highest BCUT2D eigenvalue weighted by Crippen LogP contribution is 2.44. The van der Waals surface area contributed by atoms with Crippen LogP contribution < -0.4 is 4.18 Å². The zero-order valence-electron chi connectivity index (χ0n) is 13.8. The van der Waals surface area contributed by atoms with Crippen molar-refractivity contribution in [2.24, 2.45) is 0 Å². The van der Waals surface area contributed by atoms with Gasteiger partial charge in [0.15, 0.2) is 5.75 Å². The van der Waals surface area contributed by atoms with E-state index in [-0.39, 0.29) is 10.6 Å². The number of aryl methyl sites for hydroxylation is 1. The lowest BCUT2D eigenvalue weighted by Crippen LogP contribution is -2.27. The highest BCUT2D eigenvalue weighted by molar-refractivity contribution is 7.88. The number of hydrogen-bond donors (Lipinski definition) is 0. The SMILES string of the molecule is COC(=O)C(C)c1ccc(C)c2cc(OS(=O)(=O)C(F)(F)F)c(Cl)c-2c1. The number of fused-ring (bicyclic) bond motifs is 1. The van der Waals surface area contributed by atoms with Crippen molar-refractivity contribution in [3.63, 3.8) is 0 Å². The standard InChI is InChI=1S/C16H14ClF3O5S/c1-8-4-5-10(9(2)15(21)24-3)6-12-11(8)7-13(14(12)17)25-26(22,23)16(18,19)20/h4-7,9H,1-3H3. The molecule has 2 aliphatic rings. The molecule has 0 fully saturated rings. The molecule has 26 heavy (non-hydrogen) atoms. The van der Waals surface area contributed by atoms with Crippen molar-refractivity contribution < 1.29 is 35.3 Å². The van der Waals surface area contributed by atoms with Crippen LogP contribution in [0, 0.1) is 6.92 Å². The quantitative estimate of drug-likeness (QED) is 0.428. The summed E-state index contributed by atoms with van der Waals surface area (Å²) in [4.78, 5) is 11.7. The van der Waals surface area contributed by atoms with Crippen LogP contribution in [0.15, 0.2) is 24.3 Å². The van der Waals surface area contributed by atoms with Gasteiger partial charge in [0.2, 0.25) is 0 Å². The summed E-state index contributed by atoms with van der Waals surface area (Å²) >= 11 is 6.06. The fraction of sp³-hybridized carbons (Fsp3) is 0.312. The minimum atomic E-state index is -5.85. The number of methoxy groups -OCH3 is 1. The van der Waals surface area contributed by atoms with Crippen LogP contribution in [-0.4, -0.2) is 27.0 Å². The van der Waals surface area contributed by atoms with E-state index in [9.17, 15) is 26.4 Å². The largest absolute Gasteiger partial charge is 0.534 e. The Kier molecular flexibility index (Phi) is 5.44. The van der Waals surface area contributed by atoms with Crippen LogP contribution in [0.2, 0.25) is 5.02 Å². The third-order valence-corrected chi connectivity index (χ3v) is 5.17. The molecule has 0 amide bonds. The minimum Gasteiger partial charge on any atom is -0.469 e. The van der Waals surface area contributed by atoms with Crippen LogP contribution in [0.25, 0.3) is 11.1 Å². The Bertz CT molecular complexity index is 924. The minimum absolute atomic E-state index is 0.257. The zero-order valence-corrected chi connectivity index (χ0v) is 15.4. The summed E-state index contributed by atoms with van der Waals surface area (Å²) in [6.45, 7) is 3.25. The number of halogens is 4. The lowest BCUT2D eigenvalue weighted by atomic mass is 10.0. The Balaban J connectivity index is 2.61. The molecule has 0 heterocycles. The van der Waals surface area contributed by atoms with Crippen LogP contribution >= 0.6 is 11.6 Å². The summed E-state index contributed by atoms with van der Waals surface area (Å²) in [5, 5.41) is -0.301. The van der Waals surface area contributed by atoms with Crippen LogP contribution in [-0.2, 0) is 19.6 Å². The van der Waals surface area contributed by atoms with Gasteiger partial charge in [0.05, 0.1) is 18.1 Å². The first kappa shape index (κ1) is 20.3. The maximum Gasteiger partial charge on any atom is 0.534 e. The summed E-state index contributed by atoms with van der Waals surface area (Å²) < 4.78 is 68.9. The lowest BCUT2D eigenvalue weighted by Gasteiger charge is -2.09. The molecule has 0 aromatic carbocycles. The molecule has 2 rings (SSSR count). The van der Waals surface area contributed by atoms with Gasteiger partial charge in [-0.3, -0.25) is 4.79 Å². The van der Waals surface area contributed by atoms with Crippen LogP contribution in [0.1, 0.15) is 24.0 Å². The molecule has 5 nitrogen and oxygen atoms in total. The summed E-state index contributed by atoms with van der Waals surface area (Å²) in [6.07, 6.45) is 0. The van der Waals surface area contributed by atoms with Crippen molar-refractivity contribution in [2.45, 2.75) is 25.3 Å². The molecule has 2 aliphatic carbocycles. The molecule has 0 saturated carbocycles. The fourth-order valence-corrected chi connectivity index (χ4v) is 3.08. The number of hydrogen-bond acceptors (Lipinski definition) is 5. The van der Waals surface area contributed by atoms with E-state index in [1.807, 2.05) is 0 Å². The number of esters is 1. The third-order valence-electron chi connectivity index (χ3n) is 3.82. The van der Waals surface area contributed by atoms with Crippen molar-refractivity contribution in [3.8, 4) is 16.9 Å². The van der Waals surface area contributed by atoms with E-state index in [1.165, 1.54) is 13.2 Å². The maximum absolute atomic E-state index is 12.5. The molecule has 142 valence electrons. The first-order chi connectivity index (χ1) is 11.9. The first-order valence-corrected chi connectivity index (χ1v) is 8.99. The van der Waals surface area contributed by atoms with Gasteiger partial charge in [-0.25, -0.2) is 0 Å². The van der Waals surface area contributed by atoms with Gasteiger partial charge in [-0.15, -0.1) is 0 Å². The predicted molar refractivity (Wildman–Crippen MR) is 88.8 cm³/mol. The van der Waals surface area contributed by atoms with E-state index in [2.05, 4.69) is 8.92 Å². The molecule has 0 aromatic heterocycles. The number of ether oxygens (including phenoxy) is 1. The van der Waals surface area contributed by atoms with Crippen LogP contribution in [0.5, 0.6) is 5.75 Å². The molecule has 0 aromatic rings. The van der Waals surface area contributed by atoms with Gasteiger partial charge in [0.25, 0.3) is 0 Å². The Morgan fingerprint density at radius 3 is 2.35 bits per heavy atom. The van der Waals surface area contributed by atoms with Gasteiger partial charge in [0.1, 0.15) is 0 Å². The summed E-state index contributed by atoms with van der Waals surface area (Å²) in [5.41, 5.74) is -3.83. The molecule has 0 spiro atoms. The van der Waals surface area contributed by atoms with Gasteiger partial charge in [0, 0.05) is 5.56 Å². The molecule has 1 atom stereocenters. The van der Waals surface area contributed by atoms with Gasteiger partial charge in [-0.05, 0) is 42.7 Å². The van der Waals surface area contributed by atoms with Crippen LogP contribution in [0.4, 0.5) is 13.2 Å².